The number of fused-ring (bicyclic) bond motifs is 1. The summed E-state index contributed by atoms with van der Waals surface area (Å²) >= 11 is 0. The quantitative estimate of drug-likeness (QED) is 0.603. The molecule has 3 heteroatoms. The lowest BCUT2D eigenvalue weighted by Gasteiger charge is -2.18. The van der Waals surface area contributed by atoms with Crippen LogP contribution in [0.5, 0.6) is 5.75 Å². The largest absolute Gasteiger partial charge is 0.427 e. The molecule has 3 nitrogen and oxygen atoms in total. The Bertz CT molecular complexity index is 509. The SMILES string of the molecule is CC(C)(C)CC(=O)Oc1ccc2c(c1)CCCC2=O. The fourth-order valence-corrected chi connectivity index (χ4v) is 2.29. The molecule has 1 aliphatic carbocycles. The molecule has 0 radical (unpaired) electrons. The highest BCUT2D eigenvalue weighted by Crippen LogP contribution is 2.26. The Morgan fingerprint density at radius 2 is 2.00 bits per heavy atom. The van der Waals surface area contributed by atoms with Crippen LogP contribution in [-0.4, -0.2) is 11.8 Å². The van der Waals surface area contributed by atoms with Crippen LogP contribution in [0.2, 0.25) is 0 Å². The zero-order valence-corrected chi connectivity index (χ0v) is 11.8. The molecule has 0 fully saturated rings. The van der Waals surface area contributed by atoms with Gasteiger partial charge in [-0.3, -0.25) is 9.59 Å². The molecule has 0 aliphatic heterocycles. The minimum Gasteiger partial charge on any atom is -0.427 e. The monoisotopic (exact) mass is 260 g/mol. The number of carbonyl (C=O) groups is 2. The zero-order chi connectivity index (χ0) is 14.0. The number of ketones is 1. The van der Waals surface area contributed by atoms with Crippen molar-refractivity contribution in [3.8, 4) is 5.75 Å². The van der Waals surface area contributed by atoms with E-state index in [2.05, 4.69) is 0 Å². The molecule has 0 aromatic heterocycles. The van der Waals surface area contributed by atoms with E-state index in [1.54, 1.807) is 12.1 Å². The van der Waals surface area contributed by atoms with Gasteiger partial charge in [-0.2, -0.15) is 0 Å². The lowest BCUT2D eigenvalue weighted by atomic mass is 9.90. The van der Waals surface area contributed by atoms with Crippen LogP contribution in [0, 0.1) is 5.41 Å². The summed E-state index contributed by atoms with van der Waals surface area (Å²) in [6, 6.07) is 5.31. The summed E-state index contributed by atoms with van der Waals surface area (Å²) in [5, 5.41) is 0. The third-order valence-corrected chi connectivity index (χ3v) is 3.13. The van der Waals surface area contributed by atoms with Crippen molar-refractivity contribution in [2.24, 2.45) is 5.41 Å². The van der Waals surface area contributed by atoms with Gasteiger partial charge in [-0.1, -0.05) is 20.8 Å². The van der Waals surface area contributed by atoms with E-state index in [0.29, 0.717) is 18.6 Å². The van der Waals surface area contributed by atoms with E-state index >= 15 is 0 Å². The van der Waals surface area contributed by atoms with Crippen LogP contribution >= 0.6 is 0 Å². The van der Waals surface area contributed by atoms with Crippen LogP contribution in [-0.2, 0) is 11.2 Å². The second-order valence-electron chi connectivity index (χ2n) is 6.31. The second-order valence-corrected chi connectivity index (χ2v) is 6.31. The number of carbonyl (C=O) groups excluding carboxylic acids is 2. The van der Waals surface area contributed by atoms with Crippen molar-refractivity contribution in [3.63, 3.8) is 0 Å². The summed E-state index contributed by atoms with van der Waals surface area (Å²) in [5.74, 6) is 0.506. The number of rotatable bonds is 2. The van der Waals surface area contributed by atoms with Crippen LogP contribution in [0.25, 0.3) is 0 Å². The predicted molar refractivity (Wildman–Crippen MR) is 73.4 cm³/mol. The summed E-state index contributed by atoms with van der Waals surface area (Å²) in [6.45, 7) is 6.00. The van der Waals surface area contributed by atoms with Crippen molar-refractivity contribution in [1.82, 2.24) is 0 Å². The molecule has 0 unspecified atom stereocenters. The maximum absolute atomic E-state index is 11.8. The molecule has 1 aromatic carbocycles. The molecule has 0 saturated carbocycles. The molecule has 102 valence electrons. The van der Waals surface area contributed by atoms with Gasteiger partial charge >= 0.3 is 5.97 Å². The summed E-state index contributed by atoms with van der Waals surface area (Å²) in [5.41, 5.74) is 1.69. The number of hydrogen-bond acceptors (Lipinski definition) is 3. The molecule has 1 aliphatic rings. The minimum absolute atomic E-state index is 0.0821. The fraction of sp³-hybridized carbons (Fsp3) is 0.500. The van der Waals surface area contributed by atoms with E-state index < -0.39 is 0 Å². The Morgan fingerprint density at radius 3 is 2.68 bits per heavy atom. The summed E-state index contributed by atoms with van der Waals surface area (Å²) in [6.07, 6.45) is 2.76. The number of hydrogen-bond donors (Lipinski definition) is 0. The average molecular weight is 260 g/mol. The number of Topliss-reactive ketones (excluding diaryl/α,β-unsaturated/α-hetero) is 1. The molecule has 0 saturated heterocycles. The Hall–Kier alpha value is -1.64. The van der Waals surface area contributed by atoms with Gasteiger partial charge in [0.1, 0.15) is 5.75 Å². The number of esters is 1. The molecule has 0 spiro atoms. The summed E-state index contributed by atoms with van der Waals surface area (Å²) in [7, 11) is 0. The molecule has 0 amide bonds. The molecule has 0 N–H and O–H groups in total. The first-order valence-corrected chi connectivity index (χ1v) is 6.72. The van der Waals surface area contributed by atoms with Crippen molar-refractivity contribution in [2.75, 3.05) is 0 Å². The molecule has 0 atom stereocenters. The molecular weight excluding hydrogens is 240 g/mol. The molecule has 0 heterocycles. The van der Waals surface area contributed by atoms with E-state index in [0.717, 1.165) is 24.0 Å². The maximum atomic E-state index is 11.8. The van der Waals surface area contributed by atoms with Gasteiger partial charge < -0.3 is 4.74 Å². The van der Waals surface area contributed by atoms with Gasteiger partial charge in [-0.05, 0) is 42.0 Å². The normalized spacial score (nSPS) is 15.0. The highest BCUT2D eigenvalue weighted by molar-refractivity contribution is 5.98. The van der Waals surface area contributed by atoms with Crippen molar-refractivity contribution in [3.05, 3.63) is 29.3 Å². The van der Waals surface area contributed by atoms with Crippen LogP contribution in [0.4, 0.5) is 0 Å². The van der Waals surface area contributed by atoms with Gasteiger partial charge in [0.2, 0.25) is 0 Å². The lowest BCUT2D eigenvalue weighted by molar-refractivity contribution is -0.136. The van der Waals surface area contributed by atoms with Gasteiger partial charge in [0, 0.05) is 12.0 Å². The van der Waals surface area contributed by atoms with Crippen molar-refractivity contribution in [1.29, 1.82) is 0 Å². The first-order chi connectivity index (χ1) is 8.85. The van der Waals surface area contributed by atoms with Gasteiger partial charge in [-0.25, -0.2) is 0 Å². The van der Waals surface area contributed by atoms with E-state index in [-0.39, 0.29) is 17.2 Å². The Balaban J connectivity index is 2.10. The zero-order valence-electron chi connectivity index (χ0n) is 11.8. The van der Waals surface area contributed by atoms with Crippen molar-refractivity contribution in [2.45, 2.75) is 46.5 Å². The number of ether oxygens (including phenoxy) is 1. The molecular formula is C16H20O3. The first-order valence-electron chi connectivity index (χ1n) is 6.72. The van der Waals surface area contributed by atoms with Gasteiger partial charge in [0.25, 0.3) is 0 Å². The van der Waals surface area contributed by atoms with Crippen molar-refractivity contribution < 1.29 is 14.3 Å². The maximum Gasteiger partial charge on any atom is 0.311 e. The number of benzene rings is 1. The molecule has 0 bridgehead atoms. The third kappa shape index (κ3) is 3.66. The van der Waals surface area contributed by atoms with Crippen LogP contribution in [0.1, 0.15) is 56.0 Å². The molecule has 1 aromatic rings. The molecule has 19 heavy (non-hydrogen) atoms. The van der Waals surface area contributed by atoms with E-state index in [4.69, 9.17) is 4.74 Å². The molecule has 2 rings (SSSR count). The third-order valence-electron chi connectivity index (χ3n) is 3.13. The summed E-state index contributed by atoms with van der Waals surface area (Å²) in [4.78, 5) is 23.5. The predicted octanol–water partition coefficient (Wildman–Crippen LogP) is 3.55. The average Bonchev–Trinajstić information content (AvgIpc) is 2.26. The van der Waals surface area contributed by atoms with Gasteiger partial charge in [-0.15, -0.1) is 0 Å². The fourth-order valence-electron chi connectivity index (χ4n) is 2.29. The highest BCUT2D eigenvalue weighted by Gasteiger charge is 2.20. The van der Waals surface area contributed by atoms with Crippen LogP contribution in [0.3, 0.4) is 0 Å². The summed E-state index contributed by atoms with van der Waals surface area (Å²) < 4.78 is 5.34. The smallest absolute Gasteiger partial charge is 0.311 e. The first kappa shape index (κ1) is 13.8. The Morgan fingerprint density at radius 1 is 1.26 bits per heavy atom. The van der Waals surface area contributed by atoms with E-state index in [1.807, 2.05) is 26.8 Å². The standard InChI is InChI=1S/C16H20O3/c1-16(2,3)10-15(18)19-12-7-8-13-11(9-12)5-4-6-14(13)17/h7-9H,4-6,10H2,1-3H3. The Kier molecular flexibility index (Phi) is 3.74. The highest BCUT2D eigenvalue weighted by atomic mass is 16.5. The Labute approximate surface area is 114 Å². The minimum atomic E-state index is -0.227. The topological polar surface area (TPSA) is 43.4 Å². The van der Waals surface area contributed by atoms with Crippen LogP contribution < -0.4 is 4.74 Å². The van der Waals surface area contributed by atoms with E-state index in [9.17, 15) is 9.59 Å². The van der Waals surface area contributed by atoms with E-state index in [1.165, 1.54) is 0 Å². The second kappa shape index (κ2) is 5.16. The number of aryl methyl sites for hydroxylation is 1. The van der Waals surface area contributed by atoms with Gasteiger partial charge in [0.05, 0.1) is 6.42 Å². The van der Waals surface area contributed by atoms with Crippen LogP contribution in [0.15, 0.2) is 18.2 Å². The van der Waals surface area contributed by atoms with Crippen molar-refractivity contribution >= 4 is 11.8 Å². The van der Waals surface area contributed by atoms with Gasteiger partial charge in [0.15, 0.2) is 5.78 Å². The lowest BCUT2D eigenvalue weighted by Crippen LogP contribution is -2.18.